The molecule has 1 aromatic rings. The van der Waals surface area contributed by atoms with Gasteiger partial charge >= 0.3 is 0 Å². The number of carbonyl (C=O) groups excluding carboxylic acids is 1. The van der Waals surface area contributed by atoms with E-state index in [4.69, 9.17) is 10.5 Å². The number of anilines is 1. The topological polar surface area (TPSA) is 64.3 Å². The maximum atomic E-state index is 11.7. The van der Waals surface area contributed by atoms with Gasteiger partial charge in [-0.2, -0.15) is 0 Å². The summed E-state index contributed by atoms with van der Waals surface area (Å²) in [5.74, 6) is -0.356. The molecule has 1 amide bonds. The Morgan fingerprint density at radius 2 is 2.24 bits per heavy atom. The van der Waals surface area contributed by atoms with Crippen molar-refractivity contribution in [1.82, 2.24) is 0 Å². The van der Waals surface area contributed by atoms with Gasteiger partial charge in [-0.05, 0) is 25.5 Å². The second kappa shape index (κ2) is 4.37. The van der Waals surface area contributed by atoms with Crippen molar-refractivity contribution >= 4 is 11.6 Å². The Labute approximate surface area is 101 Å². The van der Waals surface area contributed by atoms with E-state index in [-0.39, 0.29) is 12.0 Å². The summed E-state index contributed by atoms with van der Waals surface area (Å²) in [7, 11) is 0. The van der Waals surface area contributed by atoms with Gasteiger partial charge in [-0.25, -0.2) is 0 Å². The van der Waals surface area contributed by atoms with Crippen LogP contribution >= 0.6 is 0 Å². The first-order chi connectivity index (χ1) is 8.06. The van der Waals surface area contributed by atoms with Crippen LogP contribution in [0.5, 0.6) is 0 Å². The average Bonchev–Trinajstić information content (AvgIpc) is 2.65. The Morgan fingerprint density at radius 1 is 1.53 bits per heavy atom. The first kappa shape index (κ1) is 11.9. The molecule has 0 saturated carbocycles. The van der Waals surface area contributed by atoms with Gasteiger partial charge in [-0.15, -0.1) is 0 Å². The molecule has 1 saturated heterocycles. The fraction of sp³-hybridized carbons (Fsp3) is 0.462. The minimum Gasteiger partial charge on any atom is -0.375 e. The normalized spacial score (nSPS) is 28.0. The number of hydrogen-bond donors (Lipinski definition) is 2. The van der Waals surface area contributed by atoms with Gasteiger partial charge < -0.3 is 15.8 Å². The van der Waals surface area contributed by atoms with Crippen molar-refractivity contribution in [3.63, 3.8) is 0 Å². The maximum absolute atomic E-state index is 11.7. The van der Waals surface area contributed by atoms with Crippen molar-refractivity contribution in [1.29, 1.82) is 0 Å². The van der Waals surface area contributed by atoms with Crippen LogP contribution in [0.25, 0.3) is 0 Å². The van der Waals surface area contributed by atoms with Gasteiger partial charge in [0.1, 0.15) is 5.54 Å². The van der Waals surface area contributed by atoms with Crippen LogP contribution in [0.2, 0.25) is 0 Å². The molecule has 0 aliphatic carbocycles. The largest absolute Gasteiger partial charge is 0.375 e. The lowest BCUT2D eigenvalue weighted by Crippen LogP contribution is -2.55. The molecule has 2 atom stereocenters. The minimum atomic E-state index is -0.786. The van der Waals surface area contributed by atoms with Crippen LogP contribution in [0.4, 0.5) is 5.69 Å². The van der Waals surface area contributed by atoms with E-state index in [1.54, 1.807) is 0 Å². The monoisotopic (exact) mass is 234 g/mol. The number of hydrogen-bond acceptors (Lipinski definition) is 3. The Kier molecular flexibility index (Phi) is 3.07. The zero-order chi connectivity index (χ0) is 12.5. The molecule has 1 aliphatic rings. The van der Waals surface area contributed by atoms with Crippen LogP contribution in [-0.2, 0) is 9.53 Å². The van der Waals surface area contributed by atoms with Crippen LogP contribution in [0, 0.1) is 6.92 Å². The van der Waals surface area contributed by atoms with Crippen molar-refractivity contribution in [2.24, 2.45) is 5.73 Å². The zero-order valence-electron chi connectivity index (χ0n) is 10.2. The van der Waals surface area contributed by atoms with Gasteiger partial charge in [0.2, 0.25) is 5.91 Å². The quantitative estimate of drug-likeness (QED) is 0.831. The highest BCUT2D eigenvalue weighted by atomic mass is 16.5. The molecule has 2 rings (SSSR count). The fourth-order valence-corrected chi connectivity index (χ4v) is 2.24. The number of primary amides is 1. The summed E-state index contributed by atoms with van der Waals surface area (Å²) in [6, 6.07) is 7.85. The number of carbonyl (C=O) groups is 1. The summed E-state index contributed by atoms with van der Waals surface area (Å²) >= 11 is 0. The zero-order valence-corrected chi connectivity index (χ0v) is 10.2. The predicted octanol–water partition coefficient (Wildman–Crippen LogP) is 1.44. The molecular weight excluding hydrogens is 216 g/mol. The minimum absolute atomic E-state index is 0.209. The van der Waals surface area contributed by atoms with E-state index in [1.165, 1.54) is 0 Å². The van der Waals surface area contributed by atoms with Gasteiger partial charge in [0, 0.05) is 18.7 Å². The van der Waals surface area contributed by atoms with Crippen molar-refractivity contribution in [3.8, 4) is 0 Å². The van der Waals surface area contributed by atoms with Gasteiger partial charge in [0.25, 0.3) is 0 Å². The fourth-order valence-electron chi connectivity index (χ4n) is 2.24. The molecule has 0 spiro atoms. The summed E-state index contributed by atoms with van der Waals surface area (Å²) in [4.78, 5) is 11.7. The summed E-state index contributed by atoms with van der Waals surface area (Å²) in [5.41, 5.74) is 6.78. The van der Waals surface area contributed by atoms with Gasteiger partial charge in [-0.3, -0.25) is 4.79 Å². The first-order valence-electron chi connectivity index (χ1n) is 5.81. The predicted molar refractivity (Wildman–Crippen MR) is 66.8 cm³/mol. The summed E-state index contributed by atoms with van der Waals surface area (Å²) in [5, 5.41) is 3.27. The molecule has 2 unspecified atom stereocenters. The third-order valence-electron chi connectivity index (χ3n) is 3.50. The Bertz CT molecular complexity index is 433. The number of nitrogens with two attached hydrogens (primary N) is 1. The van der Waals surface area contributed by atoms with Crippen LogP contribution < -0.4 is 11.1 Å². The Hall–Kier alpha value is -1.55. The van der Waals surface area contributed by atoms with Crippen molar-refractivity contribution in [3.05, 3.63) is 29.8 Å². The standard InChI is InChI=1S/C13H18N2O2/c1-9-5-3-4-6-11(9)15-13(12(14)16)7-8-17-10(13)2/h3-6,10,15H,7-8H2,1-2H3,(H2,14,16). The van der Waals surface area contributed by atoms with Crippen molar-refractivity contribution < 1.29 is 9.53 Å². The highest BCUT2D eigenvalue weighted by Crippen LogP contribution is 2.31. The number of nitrogens with one attached hydrogen (secondary N) is 1. The molecule has 0 aromatic heterocycles. The van der Waals surface area contributed by atoms with Crippen LogP contribution in [-0.4, -0.2) is 24.2 Å². The van der Waals surface area contributed by atoms with Crippen molar-refractivity contribution in [2.75, 3.05) is 11.9 Å². The average molecular weight is 234 g/mol. The van der Waals surface area contributed by atoms with Crippen LogP contribution in [0.1, 0.15) is 18.9 Å². The Balaban J connectivity index is 2.31. The number of amides is 1. The van der Waals surface area contributed by atoms with E-state index in [2.05, 4.69) is 5.32 Å². The van der Waals surface area contributed by atoms with E-state index < -0.39 is 5.54 Å². The SMILES string of the molecule is Cc1ccccc1NC1(C(N)=O)CCOC1C. The van der Waals surface area contributed by atoms with Crippen LogP contribution in [0.3, 0.4) is 0 Å². The molecule has 0 radical (unpaired) electrons. The van der Waals surface area contributed by atoms with E-state index in [1.807, 2.05) is 38.1 Å². The van der Waals surface area contributed by atoms with E-state index in [9.17, 15) is 4.79 Å². The van der Waals surface area contributed by atoms with Gasteiger partial charge in [-0.1, -0.05) is 18.2 Å². The molecule has 17 heavy (non-hydrogen) atoms. The second-order valence-electron chi connectivity index (χ2n) is 4.54. The highest BCUT2D eigenvalue weighted by Gasteiger charge is 2.47. The molecule has 1 fully saturated rings. The number of para-hydroxylation sites is 1. The molecule has 4 heteroatoms. The molecule has 0 bridgehead atoms. The third-order valence-corrected chi connectivity index (χ3v) is 3.50. The molecule has 92 valence electrons. The molecule has 1 aliphatic heterocycles. The van der Waals surface area contributed by atoms with Crippen LogP contribution in [0.15, 0.2) is 24.3 Å². The summed E-state index contributed by atoms with van der Waals surface area (Å²) in [6.45, 7) is 4.43. The summed E-state index contributed by atoms with van der Waals surface area (Å²) < 4.78 is 5.48. The number of rotatable bonds is 3. The maximum Gasteiger partial charge on any atom is 0.245 e. The molecule has 1 heterocycles. The molecule has 4 nitrogen and oxygen atoms in total. The van der Waals surface area contributed by atoms with E-state index >= 15 is 0 Å². The smallest absolute Gasteiger partial charge is 0.245 e. The second-order valence-corrected chi connectivity index (χ2v) is 4.54. The highest BCUT2D eigenvalue weighted by molar-refractivity contribution is 5.89. The van der Waals surface area contributed by atoms with Gasteiger partial charge in [0.05, 0.1) is 6.10 Å². The number of aryl methyl sites for hydroxylation is 1. The molecule has 3 N–H and O–H groups in total. The summed E-state index contributed by atoms with van der Waals surface area (Å²) in [6.07, 6.45) is 0.400. The van der Waals surface area contributed by atoms with Gasteiger partial charge in [0.15, 0.2) is 0 Å². The molecular formula is C13H18N2O2. The lowest BCUT2D eigenvalue weighted by Gasteiger charge is -2.31. The Morgan fingerprint density at radius 3 is 2.76 bits per heavy atom. The lowest BCUT2D eigenvalue weighted by molar-refractivity contribution is -0.123. The van der Waals surface area contributed by atoms with E-state index in [0.29, 0.717) is 13.0 Å². The number of ether oxygens (including phenoxy) is 1. The molecule has 1 aromatic carbocycles. The van der Waals surface area contributed by atoms with E-state index in [0.717, 1.165) is 11.3 Å². The third kappa shape index (κ3) is 2.00. The first-order valence-corrected chi connectivity index (χ1v) is 5.81. The lowest BCUT2D eigenvalue weighted by atomic mass is 9.90. The number of benzene rings is 1. The van der Waals surface area contributed by atoms with Crippen molar-refractivity contribution in [2.45, 2.75) is 31.9 Å².